The fourth-order valence-electron chi connectivity index (χ4n) is 4.56. The molecule has 1 N–H and O–H groups in total. The van der Waals surface area contributed by atoms with Gasteiger partial charge in [-0.2, -0.15) is 0 Å². The van der Waals surface area contributed by atoms with Crippen LogP contribution in [0, 0.1) is 13.8 Å². The number of anilines is 1. The third kappa shape index (κ3) is 7.56. The van der Waals surface area contributed by atoms with Crippen LogP contribution in [0.4, 0.5) is 5.69 Å². The van der Waals surface area contributed by atoms with Crippen molar-refractivity contribution in [3.8, 4) is 0 Å². The summed E-state index contributed by atoms with van der Waals surface area (Å²) in [5, 5.41) is 3.11. The first-order valence-electron chi connectivity index (χ1n) is 12.2. The summed E-state index contributed by atoms with van der Waals surface area (Å²) in [6, 6.07) is 14.2. The summed E-state index contributed by atoms with van der Waals surface area (Å²) >= 11 is 0. The fourth-order valence-corrected chi connectivity index (χ4v) is 5.40. The van der Waals surface area contributed by atoms with Gasteiger partial charge >= 0.3 is 0 Å². The third-order valence-electron chi connectivity index (χ3n) is 6.52. The van der Waals surface area contributed by atoms with Crippen molar-refractivity contribution >= 4 is 27.5 Å². The van der Waals surface area contributed by atoms with Crippen LogP contribution in [0.2, 0.25) is 0 Å². The molecule has 0 unspecified atom stereocenters. The molecule has 1 aliphatic rings. The molecule has 2 aromatic carbocycles. The van der Waals surface area contributed by atoms with E-state index in [1.807, 2.05) is 44.2 Å². The molecule has 1 fully saturated rings. The van der Waals surface area contributed by atoms with Crippen LogP contribution in [0.25, 0.3) is 0 Å². The van der Waals surface area contributed by atoms with Gasteiger partial charge in [-0.1, -0.05) is 61.2 Å². The number of carbonyl (C=O) groups excluding carboxylic acids is 2. The fraction of sp³-hybridized carbons (Fsp3) is 0.481. The Bertz CT molecular complexity index is 1140. The lowest BCUT2D eigenvalue weighted by Crippen LogP contribution is -2.53. The second-order valence-corrected chi connectivity index (χ2v) is 11.5. The standard InChI is InChI=1S/C27H37N3O4S/c1-20-10-8-12-23(16-20)18-29(22(3)27(32)28-24-13-6-5-7-14-24)26(31)19-30(35(4,33)34)25-15-9-11-21(2)17-25/h8-12,15-17,22,24H,5-7,13-14,18-19H2,1-4H3,(H,28,32)/t22-/m0/s1. The monoisotopic (exact) mass is 499 g/mol. The first kappa shape index (κ1) is 26.7. The molecule has 0 bridgehead atoms. The highest BCUT2D eigenvalue weighted by molar-refractivity contribution is 7.92. The summed E-state index contributed by atoms with van der Waals surface area (Å²) in [4.78, 5) is 28.3. The number of amides is 2. The molecule has 0 spiro atoms. The molecule has 0 radical (unpaired) electrons. The Morgan fingerprint density at radius 3 is 2.23 bits per heavy atom. The molecule has 8 heteroatoms. The van der Waals surface area contributed by atoms with Crippen molar-refractivity contribution in [3.63, 3.8) is 0 Å². The zero-order chi connectivity index (χ0) is 25.6. The van der Waals surface area contributed by atoms with Crippen molar-refractivity contribution in [1.82, 2.24) is 10.2 Å². The molecular weight excluding hydrogens is 462 g/mol. The third-order valence-corrected chi connectivity index (χ3v) is 7.66. The molecule has 2 aromatic rings. The van der Waals surface area contributed by atoms with Crippen molar-refractivity contribution in [2.45, 2.75) is 71.5 Å². The normalized spacial score (nSPS) is 15.3. The van der Waals surface area contributed by atoms with E-state index >= 15 is 0 Å². The Morgan fingerprint density at radius 2 is 1.63 bits per heavy atom. The maximum absolute atomic E-state index is 13.6. The van der Waals surface area contributed by atoms with E-state index in [1.54, 1.807) is 25.1 Å². The van der Waals surface area contributed by atoms with Gasteiger partial charge in [-0.15, -0.1) is 0 Å². The Morgan fingerprint density at radius 1 is 1.00 bits per heavy atom. The van der Waals surface area contributed by atoms with Crippen molar-refractivity contribution in [1.29, 1.82) is 0 Å². The van der Waals surface area contributed by atoms with E-state index in [0.717, 1.165) is 52.9 Å². The molecular formula is C27H37N3O4S. The molecule has 0 heterocycles. The van der Waals surface area contributed by atoms with E-state index in [2.05, 4.69) is 5.32 Å². The van der Waals surface area contributed by atoms with Gasteiger partial charge in [0.05, 0.1) is 11.9 Å². The molecule has 3 rings (SSSR count). The van der Waals surface area contributed by atoms with Crippen molar-refractivity contribution < 1.29 is 18.0 Å². The number of benzene rings is 2. The number of hydrogen-bond acceptors (Lipinski definition) is 4. The van der Waals surface area contributed by atoms with Gasteiger partial charge in [0.1, 0.15) is 12.6 Å². The van der Waals surface area contributed by atoms with Gasteiger partial charge in [0.15, 0.2) is 0 Å². The van der Waals surface area contributed by atoms with Gasteiger partial charge in [0.25, 0.3) is 0 Å². The van der Waals surface area contributed by atoms with Crippen LogP contribution < -0.4 is 9.62 Å². The SMILES string of the molecule is Cc1cccc(CN(C(=O)CN(c2cccc(C)c2)S(C)(=O)=O)[C@@H](C)C(=O)NC2CCCCC2)c1. The van der Waals surface area contributed by atoms with E-state index < -0.39 is 22.0 Å². The number of nitrogens with zero attached hydrogens (tertiary/aromatic N) is 2. The van der Waals surface area contributed by atoms with Crippen LogP contribution in [-0.4, -0.2) is 50.0 Å². The number of nitrogens with one attached hydrogen (secondary N) is 1. The summed E-state index contributed by atoms with van der Waals surface area (Å²) < 4.78 is 26.4. The Hall–Kier alpha value is -2.87. The molecule has 7 nitrogen and oxygen atoms in total. The molecule has 1 atom stereocenters. The maximum atomic E-state index is 13.6. The number of hydrogen-bond donors (Lipinski definition) is 1. The molecule has 35 heavy (non-hydrogen) atoms. The van der Waals surface area contributed by atoms with Gasteiger partial charge in [0, 0.05) is 12.6 Å². The number of carbonyl (C=O) groups is 2. The van der Waals surface area contributed by atoms with Gasteiger partial charge in [-0.3, -0.25) is 13.9 Å². The zero-order valence-corrected chi connectivity index (χ0v) is 22.0. The first-order valence-corrected chi connectivity index (χ1v) is 14.1. The molecule has 2 amide bonds. The maximum Gasteiger partial charge on any atom is 0.244 e. The van der Waals surface area contributed by atoms with Gasteiger partial charge < -0.3 is 10.2 Å². The highest BCUT2D eigenvalue weighted by Gasteiger charge is 2.31. The minimum Gasteiger partial charge on any atom is -0.352 e. The molecule has 1 saturated carbocycles. The minimum atomic E-state index is -3.73. The smallest absolute Gasteiger partial charge is 0.244 e. The average Bonchev–Trinajstić information content (AvgIpc) is 2.80. The van der Waals surface area contributed by atoms with Crippen LogP contribution in [0.15, 0.2) is 48.5 Å². The molecule has 0 aliphatic heterocycles. The quantitative estimate of drug-likeness (QED) is 0.566. The molecule has 190 valence electrons. The Kier molecular flexibility index (Phi) is 8.94. The summed E-state index contributed by atoms with van der Waals surface area (Å²) in [7, 11) is -3.73. The number of rotatable bonds is 9. The minimum absolute atomic E-state index is 0.120. The van der Waals surface area contributed by atoms with Crippen LogP contribution in [-0.2, 0) is 26.2 Å². The highest BCUT2D eigenvalue weighted by Crippen LogP contribution is 2.21. The van der Waals surface area contributed by atoms with E-state index in [4.69, 9.17) is 0 Å². The zero-order valence-electron chi connectivity index (χ0n) is 21.2. The first-order chi connectivity index (χ1) is 16.5. The van der Waals surface area contributed by atoms with Crippen LogP contribution in [0.3, 0.4) is 0 Å². The summed E-state index contributed by atoms with van der Waals surface area (Å²) in [5.41, 5.74) is 3.25. The second-order valence-electron chi connectivity index (χ2n) is 9.64. The van der Waals surface area contributed by atoms with Gasteiger partial charge in [-0.25, -0.2) is 8.42 Å². The molecule has 0 saturated heterocycles. The lowest BCUT2D eigenvalue weighted by Gasteiger charge is -2.33. The highest BCUT2D eigenvalue weighted by atomic mass is 32.2. The summed E-state index contributed by atoms with van der Waals surface area (Å²) in [6.07, 6.45) is 6.34. The Balaban J connectivity index is 1.87. The van der Waals surface area contributed by atoms with E-state index in [0.29, 0.717) is 5.69 Å². The largest absolute Gasteiger partial charge is 0.352 e. The van der Waals surface area contributed by atoms with E-state index in [1.165, 1.54) is 11.3 Å². The van der Waals surface area contributed by atoms with Crippen molar-refractivity contribution in [3.05, 3.63) is 65.2 Å². The van der Waals surface area contributed by atoms with Crippen molar-refractivity contribution in [2.75, 3.05) is 17.1 Å². The second kappa shape index (κ2) is 11.7. The van der Waals surface area contributed by atoms with Crippen LogP contribution >= 0.6 is 0 Å². The lowest BCUT2D eigenvalue weighted by molar-refractivity contribution is -0.139. The number of sulfonamides is 1. The molecule has 0 aromatic heterocycles. The van der Waals surface area contributed by atoms with Crippen molar-refractivity contribution in [2.24, 2.45) is 0 Å². The average molecular weight is 500 g/mol. The molecule has 1 aliphatic carbocycles. The number of aryl methyl sites for hydroxylation is 2. The van der Waals surface area contributed by atoms with E-state index in [9.17, 15) is 18.0 Å². The Labute approximate surface area is 209 Å². The topological polar surface area (TPSA) is 86.8 Å². The predicted molar refractivity (Wildman–Crippen MR) is 140 cm³/mol. The van der Waals surface area contributed by atoms with Gasteiger partial charge in [0.2, 0.25) is 21.8 Å². The summed E-state index contributed by atoms with van der Waals surface area (Å²) in [6.45, 7) is 5.38. The summed E-state index contributed by atoms with van der Waals surface area (Å²) in [5.74, 6) is -0.635. The lowest BCUT2D eigenvalue weighted by atomic mass is 9.95. The van der Waals surface area contributed by atoms with E-state index in [-0.39, 0.29) is 25.0 Å². The predicted octanol–water partition coefficient (Wildman–Crippen LogP) is 3.94. The van der Waals surface area contributed by atoms with Crippen LogP contribution in [0.5, 0.6) is 0 Å². The van der Waals surface area contributed by atoms with Gasteiger partial charge in [-0.05, 0) is 56.9 Å². The van der Waals surface area contributed by atoms with Crippen LogP contribution in [0.1, 0.15) is 55.7 Å².